The molecule has 3 unspecified atom stereocenters. The first kappa shape index (κ1) is 17.5. The zero-order valence-corrected chi connectivity index (χ0v) is 14.1. The van der Waals surface area contributed by atoms with E-state index >= 15 is 0 Å². The van der Waals surface area contributed by atoms with E-state index in [1.807, 2.05) is 12.1 Å². The van der Waals surface area contributed by atoms with Gasteiger partial charge in [0.2, 0.25) is 5.91 Å². The van der Waals surface area contributed by atoms with Crippen molar-refractivity contribution in [3.8, 4) is 0 Å². The van der Waals surface area contributed by atoms with Crippen LogP contribution in [0.2, 0.25) is 5.02 Å². The van der Waals surface area contributed by atoms with Crippen LogP contribution in [0.1, 0.15) is 19.3 Å². The van der Waals surface area contributed by atoms with Crippen LogP contribution in [0.4, 0.5) is 5.69 Å². The Morgan fingerprint density at radius 2 is 2.18 bits per heavy atom. The van der Waals surface area contributed by atoms with Gasteiger partial charge in [-0.2, -0.15) is 0 Å². The number of hydrogen-bond acceptors (Lipinski definition) is 3. The summed E-state index contributed by atoms with van der Waals surface area (Å²) >= 11 is 5.91. The minimum Gasteiger partial charge on any atom is -0.327 e. The first-order valence-electron chi connectivity index (χ1n) is 7.65. The first-order chi connectivity index (χ1) is 10.1. The van der Waals surface area contributed by atoms with Crippen molar-refractivity contribution in [1.82, 2.24) is 4.90 Å². The van der Waals surface area contributed by atoms with Gasteiger partial charge < -0.3 is 16.0 Å². The lowest BCUT2D eigenvalue weighted by Gasteiger charge is -2.18. The van der Waals surface area contributed by atoms with E-state index in [4.69, 9.17) is 17.3 Å². The lowest BCUT2D eigenvalue weighted by Crippen LogP contribution is -2.31. The highest BCUT2D eigenvalue weighted by Crippen LogP contribution is 2.36. The number of fused-ring (bicyclic) bond motifs is 1. The second kappa shape index (κ2) is 7.64. The van der Waals surface area contributed by atoms with Crippen LogP contribution in [0, 0.1) is 11.8 Å². The highest BCUT2D eigenvalue weighted by atomic mass is 35.5. The number of hydrogen-bond donors (Lipinski definition) is 2. The maximum absolute atomic E-state index is 12.0. The lowest BCUT2D eigenvalue weighted by molar-refractivity contribution is -0.116. The second-order valence-electron chi connectivity index (χ2n) is 6.23. The Labute approximate surface area is 142 Å². The van der Waals surface area contributed by atoms with Crippen LogP contribution in [0.3, 0.4) is 0 Å². The molecular formula is C16H23Cl2N3O. The smallest absolute Gasteiger partial charge is 0.225 e. The minimum absolute atomic E-state index is 0. The molecule has 0 spiro atoms. The van der Waals surface area contributed by atoms with Crippen molar-refractivity contribution in [3.63, 3.8) is 0 Å². The van der Waals surface area contributed by atoms with Crippen LogP contribution >= 0.6 is 24.0 Å². The number of halogens is 2. The van der Waals surface area contributed by atoms with Crippen molar-refractivity contribution in [2.45, 2.75) is 25.3 Å². The Bertz CT molecular complexity index is 526. The third-order valence-corrected chi connectivity index (χ3v) is 4.99. The summed E-state index contributed by atoms with van der Waals surface area (Å²) in [6.07, 6.45) is 2.93. The number of benzene rings is 1. The molecule has 3 N–H and O–H groups in total. The number of anilines is 1. The van der Waals surface area contributed by atoms with E-state index < -0.39 is 0 Å². The molecule has 1 saturated heterocycles. The fraction of sp³-hybridized carbons (Fsp3) is 0.562. The van der Waals surface area contributed by atoms with Crippen LogP contribution in [0.5, 0.6) is 0 Å². The van der Waals surface area contributed by atoms with E-state index in [1.54, 1.807) is 12.1 Å². The summed E-state index contributed by atoms with van der Waals surface area (Å²) < 4.78 is 0. The zero-order chi connectivity index (χ0) is 14.8. The van der Waals surface area contributed by atoms with Gasteiger partial charge in [-0.25, -0.2) is 0 Å². The van der Waals surface area contributed by atoms with Crippen molar-refractivity contribution in [3.05, 3.63) is 29.3 Å². The maximum Gasteiger partial charge on any atom is 0.225 e. The second-order valence-corrected chi connectivity index (χ2v) is 6.67. The third-order valence-electron chi connectivity index (χ3n) is 4.75. The van der Waals surface area contributed by atoms with Crippen LogP contribution in [-0.4, -0.2) is 36.5 Å². The molecule has 4 nitrogen and oxygen atoms in total. The molecule has 1 saturated carbocycles. The summed E-state index contributed by atoms with van der Waals surface area (Å²) in [5, 5.41) is 3.52. The predicted octanol–water partition coefficient (Wildman–Crippen LogP) is 2.76. The van der Waals surface area contributed by atoms with Gasteiger partial charge in [0, 0.05) is 42.8 Å². The molecule has 1 heterocycles. The monoisotopic (exact) mass is 343 g/mol. The van der Waals surface area contributed by atoms with Crippen LogP contribution in [0.15, 0.2) is 24.3 Å². The molecule has 122 valence electrons. The van der Waals surface area contributed by atoms with Crippen LogP contribution < -0.4 is 11.1 Å². The number of nitrogens with two attached hydrogens (primary N) is 1. The molecule has 2 aliphatic rings. The fourth-order valence-corrected chi connectivity index (χ4v) is 3.82. The maximum atomic E-state index is 12.0. The van der Waals surface area contributed by atoms with E-state index in [-0.39, 0.29) is 18.3 Å². The van der Waals surface area contributed by atoms with Gasteiger partial charge in [-0.1, -0.05) is 17.7 Å². The molecule has 0 radical (unpaired) electrons. The summed E-state index contributed by atoms with van der Waals surface area (Å²) in [6, 6.07) is 7.60. The number of likely N-dealkylation sites (tertiary alicyclic amines) is 1. The molecule has 6 heteroatoms. The van der Waals surface area contributed by atoms with Crippen LogP contribution in [0.25, 0.3) is 0 Å². The SMILES string of the molecule is Cl.NC1CCC2CN(CCC(=O)Nc3cccc(Cl)c3)CC12. The summed E-state index contributed by atoms with van der Waals surface area (Å²) in [6.45, 7) is 2.96. The number of rotatable bonds is 4. The predicted molar refractivity (Wildman–Crippen MR) is 92.6 cm³/mol. The molecule has 1 aromatic carbocycles. The largest absolute Gasteiger partial charge is 0.327 e. The van der Waals surface area contributed by atoms with Crippen molar-refractivity contribution < 1.29 is 4.79 Å². The summed E-state index contributed by atoms with van der Waals surface area (Å²) in [5.74, 6) is 1.43. The summed E-state index contributed by atoms with van der Waals surface area (Å²) in [5.41, 5.74) is 6.89. The molecule has 22 heavy (non-hydrogen) atoms. The average molecular weight is 344 g/mol. The molecular weight excluding hydrogens is 321 g/mol. The number of carbonyl (C=O) groups is 1. The van der Waals surface area contributed by atoms with Gasteiger partial charge in [-0.15, -0.1) is 12.4 Å². The van der Waals surface area contributed by atoms with Crippen molar-refractivity contribution in [2.24, 2.45) is 17.6 Å². The zero-order valence-electron chi connectivity index (χ0n) is 12.5. The number of carbonyl (C=O) groups excluding carboxylic acids is 1. The van der Waals surface area contributed by atoms with Crippen molar-refractivity contribution in [2.75, 3.05) is 25.0 Å². The van der Waals surface area contributed by atoms with E-state index in [2.05, 4.69) is 10.2 Å². The van der Waals surface area contributed by atoms with E-state index in [0.717, 1.165) is 31.2 Å². The van der Waals surface area contributed by atoms with Crippen LogP contribution in [-0.2, 0) is 4.79 Å². The van der Waals surface area contributed by atoms with Gasteiger partial charge in [0.1, 0.15) is 0 Å². The molecule has 2 fully saturated rings. The Balaban J connectivity index is 0.00000176. The molecule has 1 aromatic rings. The molecule has 0 bridgehead atoms. The van der Waals surface area contributed by atoms with Crippen molar-refractivity contribution in [1.29, 1.82) is 0 Å². The quantitative estimate of drug-likeness (QED) is 0.883. The average Bonchev–Trinajstić information content (AvgIpc) is 2.99. The number of amides is 1. The third kappa shape index (κ3) is 4.13. The summed E-state index contributed by atoms with van der Waals surface area (Å²) in [4.78, 5) is 14.4. The van der Waals surface area contributed by atoms with E-state index in [1.165, 1.54) is 12.8 Å². The van der Waals surface area contributed by atoms with Gasteiger partial charge in [0.15, 0.2) is 0 Å². The van der Waals surface area contributed by atoms with Crippen molar-refractivity contribution >= 4 is 35.6 Å². The van der Waals surface area contributed by atoms with Gasteiger partial charge >= 0.3 is 0 Å². The van der Waals surface area contributed by atoms with Gasteiger partial charge in [0.05, 0.1) is 0 Å². The van der Waals surface area contributed by atoms with Gasteiger partial charge in [0.25, 0.3) is 0 Å². The standard InChI is InChI=1S/C16H22ClN3O.ClH/c17-12-2-1-3-13(8-12)19-16(21)6-7-20-9-11-4-5-15(18)14(11)10-20;/h1-3,8,11,14-15H,4-7,9-10,18H2,(H,19,21);1H. The number of nitrogens with one attached hydrogen (secondary N) is 1. The molecule has 0 aromatic heterocycles. The Morgan fingerprint density at radius 1 is 1.36 bits per heavy atom. The topological polar surface area (TPSA) is 58.4 Å². The van der Waals surface area contributed by atoms with E-state index in [0.29, 0.717) is 23.4 Å². The number of nitrogens with zero attached hydrogens (tertiary/aromatic N) is 1. The Morgan fingerprint density at radius 3 is 2.91 bits per heavy atom. The Kier molecular flexibility index (Phi) is 6.09. The molecule has 1 aliphatic heterocycles. The van der Waals surface area contributed by atoms with E-state index in [9.17, 15) is 4.79 Å². The minimum atomic E-state index is 0. The molecule has 3 rings (SSSR count). The highest BCUT2D eigenvalue weighted by Gasteiger charge is 2.40. The Hall–Kier alpha value is -0.810. The molecule has 1 amide bonds. The fourth-order valence-electron chi connectivity index (χ4n) is 3.63. The van der Waals surface area contributed by atoms with Gasteiger partial charge in [-0.05, 0) is 42.9 Å². The van der Waals surface area contributed by atoms with Gasteiger partial charge in [-0.3, -0.25) is 4.79 Å². The lowest BCUT2D eigenvalue weighted by atomic mass is 9.98. The first-order valence-corrected chi connectivity index (χ1v) is 8.03. The normalized spacial score (nSPS) is 27.3. The molecule has 3 atom stereocenters. The summed E-state index contributed by atoms with van der Waals surface area (Å²) in [7, 11) is 0. The highest BCUT2D eigenvalue weighted by molar-refractivity contribution is 6.30. The molecule has 1 aliphatic carbocycles.